The van der Waals surface area contributed by atoms with Crippen molar-refractivity contribution in [3.05, 3.63) is 108 Å². The number of ether oxygens (including phenoxy) is 1. The second-order valence-electron chi connectivity index (χ2n) is 17.7. The first-order chi connectivity index (χ1) is 30.1. The van der Waals surface area contributed by atoms with E-state index in [0.29, 0.717) is 65.2 Å². The Kier molecular flexibility index (Phi) is 12.3. The number of aromatic nitrogens is 3. The van der Waals surface area contributed by atoms with Gasteiger partial charge in [0.2, 0.25) is 20.0 Å². The molecule has 0 spiro atoms. The lowest BCUT2D eigenvalue weighted by Crippen LogP contribution is -2.59. The van der Waals surface area contributed by atoms with E-state index < -0.39 is 34.7 Å². The van der Waals surface area contributed by atoms with Gasteiger partial charge in [0, 0.05) is 137 Å². The molecule has 0 unspecified atom stereocenters. The van der Waals surface area contributed by atoms with Crippen LogP contribution >= 0.6 is 10.7 Å². The molecule has 0 bridgehead atoms. The Morgan fingerprint density at radius 3 is 1.47 bits per heavy atom. The molecular weight excluding hydrogens is 898 g/mol. The van der Waals surface area contributed by atoms with Gasteiger partial charge in [-0.05, 0) is 76.4 Å². The number of hydrogen-bond donors (Lipinski definition) is 1. The fourth-order valence-electron chi connectivity index (χ4n) is 8.96. The van der Waals surface area contributed by atoms with Gasteiger partial charge in [0.05, 0.1) is 20.7 Å². The number of pyridine rings is 3. The maximum atomic E-state index is 13.4. The maximum Gasteiger partial charge on any atom is 0.410 e. The van der Waals surface area contributed by atoms with Crippen LogP contribution in [0.3, 0.4) is 0 Å². The molecule has 19 heteroatoms. The third-order valence-corrected chi connectivity index (χ3v) is 17.3. The number of carbonyl (C=O) groups is 1. The molecule has 6 aromatic rings. The number of nitrogens with one attached hydrogen (secondary N) is 1. The van der Waals surface area contributed by atoms with Crippen LogP contribution in [0.15, 0.2) is 106 Å². The smallest absolute Gasteiger partial charge is 0.410 e. The summed E-state index contributed by atoms with van der Waals surface area (Å²) in [6.07, 6.45) is 9.66. The number of aryl methyl sites for hydroxylation is 3. The molecule has 4 fully saturated rings. The van der Waals surface area contributed by atoms with Crippen LogP contribution < -0.4 is 5.32 Å². The molecule has 0 saturated carbocycles. The molecule has 7 heterocycles. The molecule has 3 aromatic heterocycles. The number of fused-ring (bicyclic) bond motifs is 5. The molecule has 0 radical (unpaired) electrons. The van der Waals surface area contributed by atoms with Crippen LogP contribution in [0.1, 0.15) is 37.5 Å². The van der Waals surface area contributed by atoms with Gasteiger partial charge < -0.3 is 15.0 Å². The van der Waals surface area contributed by atoms with E-state index in [9.17, 15) is 30.0 Å². The molecule has 4 saturated heterocycles. The molecule has 10 rings (SSSR count). The summed E-state index contributed by atoms with van der Waals surface area (Å²) in [5.41, 5.74) is 1.95. The van der Waals surface area contributed by atoms with Crippen molar-refractivity contribution in [2.45, 2.75) is 73.9 Å². The number of benzene rings is 3. The van der Waals surface area contributed by atoms with Gasteiger partial charge >= 0.3 is 6.09 Å². The molecule has 1 amide bonds. The van der Waals surface area contributed by atoms with Crippen LogP contribution in [-0.4, -0.2) is 117 Å². The van der Waals surface area contributed by atoms with Gasteiger partial charge in [-0.15, -0.1) is 0 Å². The Bertz CT molecular complexity index is 3120. The van der Waals surface area contributed by atoms with Crippen LogP contribution in [-0.2, 0) is 33.8 Å². The fourth-order valence-corrected chi connectivity index (χ4v) is 13.7. The average molecular weight is 949 g/mol. The van der Waals surface area contributed by atoms with Crippen molar-refractivity contribution < 1.29 is 34.8 Å². The standard InChI is InChI=1S/C20H25N3O4S.C15H17N3O2S.C10H8ClNO2S/c1-13-8-21-9-14-6-5-7-17(18(13)14)28(25,26)22-10-15-11-23(16(15)12-22)19(24)27-20(2,3)4;1-10-5-16-6-11-3-2-4-14(15(10)11)21(19,20)18-8-12-7-17-13(12)9-18;1-7-5-12-6-8-3-2-4-9(10(7)8)15(11,13)14/h5-9,15-16H,10-12H2,1-4H3;2-6,12-13,17H,7-9H2,1H3;2-6H,1H3/t15-,16-;12-,13+;/m01./s1. The van der Waals surface area contributed by atoms with E-state index in [0.717, 1.165) is 44.8 Å². The summed E-state index contributed by atoms with van der Waals surface area (Å²) in [5.74, 6) is 0.623. The van der Waals surface area contributed by atoms with E-state index in [-0.39, 0.29) is 22.9 Å². The van der Waals surface area contributed by atoms with Crippen LogP contribution in [0.4, 0.5) is 4.79 Å². The van der Waals surface area contributed by atoms with Crippen molar-refractivity contribution in [2.75, 3.05) is 39.3 Å². The maximum absolute atomic E-state index is 13.4. The molecule has 3 aromatic carbocycles. The monoisotopic (exact) mass is 947 g/mol. The lowest BCUT2D eigenvalue weighted by molar-refractivity contribution is -0.0164. The third kappa shape index (κ3) is 8.80. The van der Waals surface area contributed by atoms with Crippen molar-refractivity contribution in [2.24, 2.45) is 11.8 Å². The molecule has 64 heavy (non-hydrogen) atoms. The summed E-state index contributed by atoms with van der Waals surface area (Å²) in [5, 5.41) is 7.89. The minimum absolute atomic E-state index is 0.123. The van der Waals surface area contributed by atoms with Crippen molar-refractivity contribution in [3.8, 4) is 0 Å². The fraction of sp³-hybridized carbons (Fsp3) is 0.378. The summed E-state index contributed by atoms with van der Waals surface area (Å²) in [7, 11) is -5.47. The Morgan fingerprint density at radius 1 is 0.625 bits per heavy atom. The molecule has 4 aliphatic heterocycles. The molecule has 15 nitrogen and oxygen atoms in total. The number of carbonyl (C=O) groups excluding carboxylic acids is 1. The van der Waals surface area contributed by atoms with Gasteiger partial charge in [0.25, 0.3) is 9.05 Å². The number of nitrogens with zero attached hydrogens (tertiary/aromatic N) is 6. The van der Waals surface area contributed by atoms with Gasteiger partial charge in [-0.3, -0.25) is 15.0 Å². The molecule has 4 atom stereocenters. The SMILES string of the molecule is Cc1cncc2cccc(S(=O)(=O)Cl)c12.Cc1cncc2cccc(S(=O)(=O)N3C[C@H]4CN(C(=O)OC(C)(C)C)[C@H]4C3)c12.Cc1cncc2cccc(S(=O)(=O)N3C[C@H]4CN[C@H]4C3)c12. The van der Waals surface area contributed by atoms with Crippen molar-refractivity contribution >= 4 is 78.2 Å². The highest BCUT2D eigenvalue weighted by atomic mass is 35.7. The van der Waals surface area contributed by atoms with Crippen LogP contribution in [0.2, 0.25) is 0 Å². The summed E-state index contributed by atoms with van der Waals surface area (Å²) < 4.78 is 84.0. The first-order valence-corrected chi connectivity index (χ1v) is 26.0. The number of rotatable bonds is 5. The first-order valence-electron chi connectivity index (χ1n) is 20.8. The number of hydrogen-bond acceptors (Lipinski definition) is 12. The number of sulfonamides is 2. The zero-order valence-corrected chi connectivity index (χ0v) is 39.5. The molecule has 4 aliphatic rings. The van der Waals surface area contributed by atoms with Crippen LogP contribution in [0.5, 0.6) is 0 Å². The van der Waals surface area contributed by atoms with Gasteiger partial charge in [0.15, 0.2) is 0 Å². The van der Waals surface area contributed by atoms with Gasteiger partial charge in [0.1, 0.15) is 5.60 Å². The Labute approximate surface area is 378 Å². The molecule has 0 aliphatic carbocycles. The van der Waals surface area contributed by atoms with Crippen LogP contribution in [0, 0.1) is 32.6 Å². The van der Waals surface area contributed by atoms with E-state index >= 15 is 0 Å². The Balaban J connectivity index is 0.000000138. The van der Waals surface area contributed by atoms with E-state index in [4.69, 9.17) is 15.4 Å². The van der Waals surface area contributed by atoms with Gasteiger partial charge in [-0.2, -0.15) is 8.61 Å². The van der Waals surface area contributed by atoms with Crippen molar-refractivity contribution in [3.63, 3.8) is 0 Å². The van der Waals surface area contributed by atoms with Gasteiger partial charge in [-0.25, -0.2) is 30.0 Å². The second-order valence-corrected chi connectivity index (χ2v) is 24.1. The van der Waals surface area contributed by atoms with E-state index in [1.807, 2.05) is 46.8 Å². The van der Waals surface area contributed by atoms with Crippen molar-refractivity contribution in [1.82, 2.24) is 33.8 Å². The number of halogens is 1. The predicted molar refractivity (Wildman–Crippen MR) is 245 cm³/mol. The number of amides is 1. The summed E-state index contributed by atoms with van der Waals surface area (Å²) >= 11 is 0. The topological polar surface area (TPSA) is 189 Å². The molecular formula is C45H50ClN7O8S3. The molecule has 338 valence electrons. The lowest BCUT2D eigenvalue weighted by atomic mass is 9.93. The second kappa shape index (κ2) is 17.2. The minimum atomic E-state index is -3.71. The Hall–Kier alpha value is -4.82. The average Bonchev–Trinajstić information content (AvgIpc) is 3.72. The highest BCUT2D eigenvalue weighted by Gasteiger charge is 2.52. The molecule has 1 N–H and O–H groups in total. The quantitative estimate of drug-likeness (QED) is 0.188. The summed E-state index contributed by atoms with van der Waals surface area (Å²) in [6.45, 7) is 14.4. The van der Waals surface area contributed by atoms with Gasteiger partial charge in [-0.1, -0.05) is 36.4 Å². The van der Waals surface area contributed by atoms with E-state index in [1.54, 1.807) is 89.7 Å². The van der Waals surface area contributed by atoms with E-state index in [1.165, 1.54) is 10.4 Å². The zero-order valence-electron chi connectivity index (χ0n) is 36.3. The highest BCUT2D eigenvalue weighted by Crippen LogP contribution is 2.38. The Morgan fingerprint density at radius 2 is 1.06 bits per heavy atom. The predicted octanol–water partition coefficient (Wildman–Crippen LogP) is 6.39. The van der Waals surface area contributed by atoms with E-state index in [2.05, 4.69) is 20.3 Å². The van der Waals surface area contributed by atoms with Crippen molar-refractivity contribution in [1.29, 1.82) is 0 Å². The largest absolute Gasteiger partial charge is 0.444 e. The first kappa shape index (κ1) is 45.7. The third-order valence-electron chi connectivity index (χ3n) is 12.2. The summed E-state index contributed by atoms with van der Waals surface area (Å²) in [4.78, 5) is 27.2. The lowest BCUT2D eigenvalue weighted by Gasteiger charge is -2.43. The summed E-state index contributed by atoms with van der Waals surface area (Å²) in [6, 6.07) is 15.8. The van der Waals surface area contributed by atoms with Crippen LogP contribution in [0.25, 0.3) is 32.3 Å². The minimum Gasteiger partial charge on any atom is -0.444 e. The normalized spacial score (nSPS) is 21.2. The highest BCUT2D eigenvalue weighted by molar-refractivity contribution is 8.14. The number of likely N-dealkylation sites (tertiary alicyclic amines) is 1. The zero-order chi connectivity index (χ0) is 45.9.